The Morgan fingerprint density at radius 2 is 2.05 bits per heavy atom. The van der Waals surface area contributed by atoms with E-state index in [1.807, 2.05) is 0 Å². The normalized spacial score (nSPS) is 11.2. The maximum Gasteiger partial charge on any atom is 0.416 e. The van der Waals surface area contributed by atoms with Crippen LogP contribution in [0.4, 0.5) is 13.2 Å². The summed E-state index contributed by atoms with van der Waals surface area (Å²) in [7, 11) is 0. The van der Waals surface area contributed by atoms with Crippen molar-refractivity contribution in [2.75, 3.05) is 13.2 Å². The van der Waals surface area contributed by atoms with Crippen molar-refractivity contribution in [2.45, 2.75) is 19.5 Å². The van der Waals surface area contributed by atoms with E-state index in [0.717, 1.165) is 12.1 Å². The van der Waals surface area contributed by atoms with E-state index in [9.17, 15) is 18.0 Å². The molecule has 1 rings (SSSR count). The average molecular weight is 277 g/mol. The van der Waals surface area contributed by atoms with Crippen molar-refractivity contribution in [1.29, 1.82) is 0 Å². The zero-order valence-corrected chi connectivity index (χ0v) is 10.3. The average Bonchev–Trinajstić information content (AvgIpc) is 2.32. The van der Waals surface area contributed by atoms with Crippen molar-refractivity contribution in [2.24, 2.45) is 0 Å². The van der Waals surface area contributed by atoms with Gasteiger partial charge in [0, 0.05) is 13.3 Å². The molecule has 1 N–H and O–H groups in total. The van der Waals surface area contributed by atoms with Crippen molar-refractivity contribution in [1.82, 2.24) is 5.48 Å². The second kappa shape index (κ2) is 6.98. The van der Waals surface area contributed by atoms with Gasteiger partial charge in [-0.15, -0.1) is 0 Å². The molecule has 0 bridgehead atoms. The SMILES string of the molecule is CC(=O)NOCCCOc1cccc(C(F)(F)F)c1. The number of hydrogen-bond donors (Lipinski definition) is 1. The summed E-state index contributed by atoms with van der Waals surface area (Å²) in [5.41, 5.74) is 1.38. The summed E-state index contributed by atoms with van der Waals surface area (Å²) < 4.78 is 42.4. The molecule has 106 valence electrons. The fourth-order valence-electron chi connectivity index (χ4n) is 1.24. The van der Waals surface area contributed by atoms with Gasteiger partial charge in [-0.25, -0.2) is 5.48 Å². The Kier molecular flexibility index (Phi) is 5.62. The van der Waals surface area contributed by atoms with Crippen molar-refractivity contribution >= 4 is 5.91 Å². The predicted octanol–water partition coefficient (Wildman–Crippen LogP) is 2.54. The minimum atomic E-state index is -4.38. The third-order valence-electron chi connectivity index (χ3n) is 2.04. The van der Waals surface area contributed by atoms with Crippen LogP contribution in [0.25, 0.3) is 0 Å². The van der Waals surface area contributed by atoms with Crippen LogP contribution < -0.4 is 10.2 Å². The molecule has 0 aliphatic carbocycles. The summed E-state index contributed by atoms with van der Waals surface area (Å²) in [5, 5.41) is 0. The molecule has 1 aromatic carbocycles. The Labute approximate surface area is 108 Å². The standard InChI is InChI=1S/C12H14F3NO3/c1-9(17)16-19-7-3-6-18-11-5-2-4-10(8-11)12(13,14)15/h2,4-5,8H,3,6-7H2,1H3,(H,16,17). The van der Waals surface area contributed by atoms with Crippen LogP contribution in [0, 0.1) is 0 Å². The van der Waals surface area contributed by atoms with Crippen molar-refractivity contribution in [3.05, 3.63) is 29.8 Å². The van der Waals surface area contributed by atoms with Crippen LogP contribution in [-0.4, -0.2) is 19.1 Å². The third-order valence-corrected chi connectivity index (χ3v) is 2.04. The van der Waals surface area contributed by atoms with Crippen molar-refractivity contribution < 1.29 is 27.5 Å². The molecule has 0 saturated carbocycles. The van der Waals surface area contributed by atoms with Crippen molar-refractivity contribution in [3.8, 4) is 5.75 Å². The van der Waals surface area contributed by atoms with Crippen LogP contribution in [-0.2, 0) is 15.8 Å². The first-order chi connectivity index (χ1) is 8.89. The van der Waals surface area contributed by atoms with Gasteiger partial charge in [-0.05, 0) is 18.2 Å². The number of rotatable bonds is 6. The topological polar surface area (TPSA) is 47.6 Å². The molecular formula is C12H14F3NO3. The first-order valence-corrected chi connectivity index (χ1v) is 5.58. The zero-order valence-electron chi connectivity index (χ0n) is 10.3. The van der Waals surface area contributed by atoms with E-state index in [1.54, 1.807) is 0 Å². The lowest BCUT2D eigenvalue weighted by Crippen LogP contribution is -2.21. The number of carbonyl (C=O) groups is 1. The monoisotopic (exact) mass is 277 g/mol. The predicted molar refractivity (Wildman–Crippen MR) is 61.3 cm³/mol. The van der Waals surface area contributed by atoms with Crippen LogP contribution >= 0.6 is 0 Å². The smallest absolute Gasteiger partial charge is 0.416 e. The van der Waals surface area contributed by atoms with E-state index in [4.69, 9.17) is 9.57 Å². The second-order valence-corrected chi connectivity index (χ2v) is 3.73. The second-order valence-electron chi connectivity index (χ2n) is 3.73. The number of alkyl halides is 3. The molecule has 1 aromatic rings. The molecule has 0 unspecified atom stereocenters. The summed E-state index contributed by atoms with van der Waals surface area (Å²) in [6.07, 6.45) is -3.94. The molecule has 0 atom stereocenters. The van der Waals surface area contributed by atoms with Crippen LogP contribution in [0.15, 0.2) is 24.3 Å². The first kappa shape index (κ1) is 15.3. The molecule has 0 radical (unpaired) electrons. The van der Waals surface area contributed by atoms with Gasteiger partial charge in [-0.1, -0.05) is 6.07 Å². The van der Waals surface area contributed by atoms with Gasteiger partial charge < -0.3 is 4.74 Å². The number of hydroxylamine groups is 1. The minimum absolute atomic E-state index is 0.148. The molecule has 0 aromatic heterocycles. The molecule has 0 spiro atoms. The number of ether oxygens (including phenoxy) is 1. The molecule has 0 aliphatic rings. The molecule has 0 saturated heterocycles. The molecule has 0 fully saturated rings. The highest BCUT2D eigenvalue weighted by Gasteiger charge is 2.30. The molecule has 0 aliphatic heterocycles. The van der Waals surface area contributed by atoms with Gasteiger partial charge in [0.2, 0.25) is 5.91 Å². The number of amides is 1. The highest BCUT2D eigenvalue weighted by atomic mass is 19.4. The molecule has 4 nitrogen and oxygen atoms in total. The van der Waals surface area contributed by atoms with Crippen LogP contribution in [0.5, 0.6) is 5.75 Å². The Morgan fingerprint density at radius 1 is 1.32 bits per heavy atom. The maximum absolute atomic E-state index is 12.4. The Morgan fingerprint density at radius 3 is 2.68 bits per heavy atom. The summed E-state index contributed by atoms with van der Waals surface area (Å²) in [6.45, 7) is 1.72. The summed E-state index contributed by atoms with van der Waals surface area (Å²) in [5.74, 6) is -0.173. The van der Waals surface area contributed by atoms with Gasteiger partial charge in [0.1, 0.15) is 5.75 Å². The summed E-state index contributed by atoms with van der Waals surface area (Å²) in [4.78, 5) is 15.2. The van der Waals surface area contributed by atoms with E-state index in [2.05, 4.69) is 5.48 Å². The number of nitrogens with one attached hydrogen (secondary N) is 1. The van der Waals surface area contributed by atoms with Crippen LogP contribution in [0.2, 0.25) is 0 Å². The lowest BCUT2D eigenvalue weighted by molar-refractivity contribution is -0.137. The van der Waals surface area contributed by atoms with E-state index in [0.29, 0.717) is 6.42 Å². The molecule has 0 heterocycles. The van der Waals surface area contributed by atoms with Gasteiger partial charge in [-0.2, -0.15) is 13.2 Å². The van der Waals surface area contributed by atoms with E-state index >= 15 is 0 Å². The van der Waals surface area contributed by atoms with Gasteiger partial charge in [0.15, 0.2) is 0 Å². The number of carbonyl (C=O) groups excluding carboxylic acids is 1. The van der Waals surface area contributed by atoms with E-state index < -0.39 is 11.7 Å². The molecular weight excluding hydrogens is 263 g/mol. The highest BCUT2D eigenvalue weighted by Crippen LogP contribution is 2.31. The highest BCUT2D eigenvalue weighted by molar-refractivity contribution is 5.71. The third kappa shape index (κ3) is 6.10. The lowest BCUT2D eigenvalue weighted by atomic mass is 10.2. The quantitative estimate of drug-likeness (QED) is 0.642. The lowest BCUT2D eigenvalue weighted by Gasteiger charge is -2.10. The fraction of sp³-hybridized carbons (Fsp3) is 0.417. The fourth-order valence-corrected chi connectivity index (χ4v) is 1.24. The van der Waals surface area contributed by atoms with Gasteiger partial charge in [0.05, 0.1) is 18.8 Å². The van der Waals surface area contributed by atoms with E-state index in [-0.39, 0.29) is 24.9 Å². The maximum atomic E-state index is 12.4. The van der Waals surface area contributed by atoms with Crippen LogP contribution in [0.1, 0.15) is 18.9 Å². The number of halogens is 3. The summed E-state index contributed by atoms with van der Waals surface area (Å²) >= 11 is 0. The molecule has 19 heavy (non-hydrogen) atoms. The van der Waals surface area contributed by atoms with Crippen molar-refractivity contribution in [3.63, 3.8) is 0 Å². The number of benzene rings is 1. The van der Waals surface area contributed by atoms with E-state index in [1.165, 1.54) is 19.1 Å². The minimum Gasteiger partial charge on any atom is -0.493 e. The van der Waals surface area contributed by atoms with Gasteiger partial charge in [-0.3, -0.25) is 9.63 Å². The van der Waals surface area contributed by atoms with Gasteiger partial charge >= 0.3 is 6.18 Å². The Balaban J connectivity index is 2.32. The number of hydrogen-bond acceptors (Lipinski definition) is 3. The van der Waals surface area contributed by atoms with Crippen LogP contribution in [0.3, 0.4) is 0 Å². The summed E-state index contributed by atoms with van der Waals surface area (Å²) in [6, 6.07) is 4.65. The molecule has 7 heteroatoms. The zero-order chi connectivity index (χ0) is 14.3. The first-order valence-electron chi connectivity index (χ1n) is 5.58. The Bertz CT molecular complexity index is 421. The largest absolute Gasteiger partial charge is 0.493 e. The van der Waals surface area contributed by atoms with Gasteiger partial charge in [0.25, 0.3) is 0 Å². The Hall–Kier alpha value is -1.76. The molecule has 1 amide bonds.